The van der Waals surface area contributed by atoms with Crippen molar-refractivity contribution in [3.05, 3.63) is 53.9 Å². The number of hydrogen-bond acceptors (Lipinski definition) is 11. The van der Waals surface area contributed by atoms with E-state index in [4.69, 9.17) is 28.4 Å². The topological polar surface area (TPSA) is 149 Å². The number of benzene rings is 1. The van der Waals surface area contributed by atoms with E-state index in [1.807, 2.05) is 51.1 Å². The zero-order valence-corrected chi connectivity index (χ0v) is 25.6. The molecule has 12 nitrogen and oxygen atoms in total. The van der Waals surface area contributed by atoms with Gasteiger partial charge in [-0.1, -0.05) is 44.2 Å². The molecule has 0 bridgehead atoms. The normalized spacial score (nSPS) is 21.0. The molecule has 4 unspecified atom stereocenters. The zero-order chi connectivity index (χ0) is 31.7. The SMILES string of the molecule is COc1ccnc(C(=O)NC2COC(=O)C(Cc3ccccc3)C(OC(=O)C(C)C)C(C)OC2=O)c1OCOC(C)(C)C. The molecular weight excluding hydrogens is 560 g/mol. The summed E-state index contributed by atoms with van der Waals surface area (Å²) in [6, 6.07) is 9.24. The Hall–Kier alpha value is -4.19. The van der Waals surface area contributed by atoms with Crippen molar-refractivity contribution in [3.8, 4) is 11.5 Å². The molecular formula is C31H40N2O10. The first kappa shape index (κ1) is 33.3. The highest BCUT2D eigenvalue weighted by Crippen LogP contribution is 2.30. The van der Waals surface area contributed by atoms with Gasteiger partial charge < -0.3 is 33.7 Å². The third-order valence-corrected chi connectivity index (χ3v) is 6.47. The summed E-state index contributed by atoms with van der Waals surface area (Å²) in [6.07, 6.45) is -0.669. The van der Waals surface area contributed by atoms with Crippen LogP contribution in [0.5, 0.6) is 11.5 Å². The number of esters is 3. The standard InChI is InChI=1S/C31H40N2O10/c1-18(2)28(35)43-25-19(3)42-30(37)22(16-39-29(36)21(25)15-20-11-9-8-10-12-20)33-27(34)24-26(23(38-7)13-14-32-24)40-17-41-31(4,5)6/h8-14,18-19,21-22,25H,15-17H2,1-7H3,(H,33,34). The predicted octanol–water partition coefficient (Wildman–Crippen LogP) is 3.26. The average molecular weight is 601 g/mol. The highest BCUT2D eigenvalue weighted by Gasteiger charge is 2.42. The Morgan fingerprint density at radius 1 is 1.09 bits per heavy atom. The molecule has 2 aromatic rings. The largest absolute Gasteiger partial charge is 0.493 e. The summed E-state index contributed by atoms with van der Waals surface area (Å²) in [5.74, 6) is -4.22. The molecule has 0 spiro atoms. The van der Waals surface area contributed by atoms with Crippen LogP contribution in [0.1, 0.15) is 57.6 Å². The molecule has 3 rings (SSSR count). The van der Waals surface area contributed by atoms with Gasteiger partial charge in [0.2, 0.25) is 0 Å². The lowest BCUT2D eigenvalue weighted by atomic mass is 9.91. The van der Waals surface area contributed by atoms with E-state index in [1.165, 1.54) is 26.3 Å². The Kier molecular flexibility index (Phi) is 11.5. The van der Waals surface area contributed by atoms with Crippen molar-refractivity contribution in [1.82, 2.24) is 10.3 Å². The maximum absolute atomic E-state index is 13.4. The first-order valence-electron chi connectivity index (χ1n) is 14.0. The number of cyclic esters (lactones) is 2. The van der Waals surface area contributed by atoms with Crippen LogP contribution in [0.3, 0.4) is 0 Å². The molecule has 0 saturated carbocycles. The number of methoxy groups -OCH3 is 1. The number of pyridine rings is 1. The number of carbonyl (C=O) groups is 4. The smallest absolute Gasteiger partial charge is 0.332 e. The van der Waals surface area contributed by atoms with Gasteiger partial charge >= 0.3 is 17.9 Å². The second kappa shape index (κ2) is 14.8. The molecule has 1 aromatic heterocycles. The van der Waals surface area contributed by atoms with E-state index in [-0.39, 0.29) is 30.4 Å². The summed E-state index contributed by atoms with van der Waals surface area (Å²) in [4.78, 5) is 56.8. The number of aromatic nitrogens is 1. The van der Waals surface area contributed by atoms with Crippen LogP contribution in [0.2, 0.25) is 0 Å². The van der Waals surface area contributed by atoms with E-state index in [1.54, 1.807) is 13.8 Å². The molecule has 4 atom stereocenters. The lowest BCUT2D eigenvalue weighted by Gasteiger charge is -2.29. The lowest BCUT2D eigenvalue weighted by molar-refractivity contribution is -0.176. The number of ether oxygens (including phenoxy) is 6. The third kappa shape index (κ3) is 9.40. The Morgan fingerprint density at radius 2 is 1.79 bits per heavy atom. The summed E-state index contributed by atoms with van der Waals surface area (Å²) in [7, 11) is 1.40. The summed E-state index contributed by atoms with van der Waals surface area (Å²) >= 11 is 0. The van der Waals surface area contributed by atoms with E-state index in [0.29, 0.717) is 0 Å². The van der Waals surface area contributed by atoms with E-state index in [9.17, 15) is 19.2 Å². The maximum atomic E-state index is 13.4. The van der Waals surface area contributed by atoms with Crippen LogP contribution in [0.4, 0.5) is 0 Å². The first-order chi connectivity index (χ1) is 20.3. The highest BCUT2D eigenvalue weighted by molar-refractivity contribution is 5.98. The van der Waals surface area contributed by atoms with Gasteiger partial charge in [0.1, 0.15) is 18.6 Å². The fourth-order valence-electron chi connectivity index (χ4n) is 4.13. The van der Waals surface area contributed by atoms with E-state index < -0.39 is 66.1 Å². The molecule has 1 fully saturated rings. The van der Waals surface area contributed by atoms with Crippen LogP contribution in [-0.4, -0.2) is 73.2 Å². The van der Waals surface area contributed by atoms with Crippen LogP contribution in [0.15, 0.2) is 42.6 Å². The minimum absolute atomic E-state index is 0.00265. The Labute approximate surface area is 251 Å². The number of rotatable bonds is 10. The van der Waals surface area contributed by atoms with Gasteiger partial charge in [0.25, 0.3) is 5.91 Å². The van der Waals surface area contributed by atoms with E-state index in [0.717, 1.165) is 5.56 Å². The van der Waals surface area contributed by atoms with Crippen LogP contribution in [-0.2, 0) is 39.8 Å². The Bertz CT molecular complexity index is 1280. The van der Waals surface area contributed by atoms with Crippen molar-refractivity contribution < 1.29 is 47.6 Å². The van der Waals surface area contributed by atoms with Crippen LogP contribution >= 0.6 is 0 Å². The van der Waals surface area contributed by atoms with Gasteiger partial charge in [0, 0.05) is 12.3 Å². The van der Waals surface area contributed by atoms with Crippen LogP contribution < -0.4 is 14.8 Å². The van der Waals surface area contributed by atoms with Crippen LogP contribution in [0, 0.1) is 11.8 Å². The van der Waals surface area contributed by atoms with Crippen molar-refractivity contribution in [2.24, 2.45) is 11.8 Å². The molecule has 0 aliphatic carbocycles. The zero-order valence-electron chi connectivity index (χ0n) is 25.6. The molecule has 1 amide bonds. The number of amides is 1. The molecule has 0 radical (unpaired) electrons. The molecule has 2 heterocycles. The summed E-state index contributed by atoms with van der Waals surface area (Å²) in [5, 5.41) is 2.52. The molecule has 1 N–H and O–H groups in total. The molecule has 1 aromatic carbocycles. The predicted molar refractivity (Wildman–Crippen MR) is 153 cm³/mol. The minimum Gasteiger partial charge on any atom is -0.493 e. The quantitative estimate of drug-likeness (QED) is 0.243. The molecule has 1 aliphatic rings. The number of nitrogens with one attached hydrogen (secondary N) is 1. The maximum Gasteiger partial charge on any atom is 0.332 e. The number of carbonyl (C=O) groups excluding carboxylic acids is 4. The van der Waals surface area contributed by atoms with Gasteiger partial charge in [-0.15, -0.1) is 0 Å². The molecule has 12 heteroatoms. The fourth-order valence-corrected chi connectivity index (χ4v) is 4.13. The lowest BCUT2D eigenvalue weighted by Crippen LogP contribution is -2.47. The van der Waals surface area contributed by atoms with Gasteiger partial charge in [-0.3, -0.25) is 14.4 Å². The van der Waals surface area contributed by atoms with Crippen molar-refractivity contribution in [2.45, 2.75) is 71.8 Å². The highest BCUT2D eigenvalue weighted by atomic mass is 16.7. The second-order valence-corrected chi connectivity index (χ2v) is 11.4. The fraction of sp³-hybridized carbons (Fsp3) is 0.516. The van der Waals surface area contributed by atoms with Crippen molar-refractivity contribution in [3.63, 3.8) is 0 Å². The summed E-state index contributed by atoms with van der Waals surface area (Å²) < 4.78 is 33.5. The van der Waals surface area contributed by atoms with Gasteiger partial charge in [-0.05, 0) is 39.7 Å². The van der Waals surface area contributed by atoms with Gasteiger partial charge in [0.05, 0.1) is 18.6 Å². The van der Waals surface area contributed by atoms with Crippen molar-refractivity contribution >= 4 is 23.8 Å². The molecule has 1 aliphatic heterocycles. The second-order valence-electron chi connectivity index (χ2n) is 11.4. The molecule has 43 heavy (non-hydrogen) atoms. The first-order valence-corrected chi connectivity index (χ1v) is 14.0. The number of nitrogens with zero attached hydrogens (tertiary/aromatic N) is 1. The number of hydrogen-bond donors (Lipinski definition) is 1. The monoisotopic (exact) mass is 600 g/mol. The van der Waals surface area contributed by atoms with Crippen molar-refractivity contribution in [1.29, 1.82) is 0 Å². The third-order valence-electron chi connectivity index (χ3n) is 6.47. The summed E-state index contributed by atoms with van der Waals surface area (Å²) in [5.41, 5.74) is 0.0959. The average Bonchev–Trinajstić information content (AvgIpc) is 2.99. The van der Waals surface area contributed by atoms with Gasteiger partial charge in [-0.25, -0.2) is 9.78 Å². The van der Waals surface area contributed by atoms with Gasteiger partial charge in [-0.2, -0.15) is 0 Å². The van der Waals surface area contributed by atoms with Crippen LogP contribution in [0.25, 0.3) is 0 Å². The molecule has 234 valence electrons. The minimum atomic E-state index is -1.40. The van der Waals surface area contributed by atoms with E-state index >= 15 is 0 Å². The Balaban J connectivity index is 1.86. The summed E-state index contributed by atoms with van der Waals surface area (Å²) in [6.45, 7) is 9.63. The Morgan fingerprint density at radius 3 is 2.42 bits per heavy atom. The van der Waals surface area contributed by atoms with Gasteiger partial charge in [0.15, 0.2) is 36.1 Å². The van der Waals surface area contributed by atoms with Crippen molar-refractivity contribution in [2.75, 3.05) is 20.5 Å². The van der Waals surface area contributed by atoms with E-state index in [2.05, 4.69) is 10.3 Å². The molecule has 1 saturated heterocycles.